The molecule has 2 heterocycles. The van der Waals surface area contributed by atoms with Gasteiger partial charge in [-0.05, 0) is 38.0 Å². The van der Waals surface area contributed by atoms with Crippen molar-refractivity contribution in [1.29, 1.82) is 0 Å². The highest BCUT2D eigenvalue weighted by Crippen LogP contribution is 2.19. The number of nitrogen functional groups attached to an aromatic ring is 1. The van der Waals surface area contributed by atoms with Crippen molar-refractivity contribution in [3.8, 4) is 0 Å². The van der Waals surface area contributed by atoms with E-state index in [4.69, 9.17) is 10.5 Å². The number of ether oxygens (including phenoxy) is 1. The maximum Gasteiger partial charge on any atom is 0.260 e. The third-order valence-electron chi connectivity index (χ3n) is 3.80. The second-order valence-electron chi connectivity index (χ2n) is 5.33. The Hall–Kier alpha value is -2.08. The van der Waals surface area contributed by atoms with Gasteiger partial charge in [0.1, 0.15) is 0 Å². The molecule has 21 heavy (non-hydrogen) atoms. The van der Waals surface area contributed by atoms with Crippen molar-refractivity contribution in [2.45, 2.75) is 25.9 Å². The number of nitrogens with two attached hydrogens (primary N) is 1. The van der Waals surface area contributed by atoms with E-state index in [-0.39, 0.29) is 11.7 Å². The molecule has 6 nitrogen and oxygen atoms in total. The minimum Gasteiger partial charge on any atom is -0.399 e. The molecule has 2 aromatic rings. The fourth-order valence-corrected chi connectivity index (χ4v) is 2.80. The molecule has 1 atom stereocenters. The van der Waals surface area contributed by atoms with Gasteiger partial charge in [-0.3, -0.25) is 9.78 Å². The summed E-state index contributed by atoms with van der Waals surface area (Å²) >= 11 is 0. The number of H-pyrrole nitrogens is 1. The average molecular weight is 288 g/mol. The van der Waals surface area contributed by atoms with Crippen LogP contribution in [0.5, 0.6) is 0 Å². The van der Waals surface area contributed by atoms with E-state index in [1.165, 1.54) is 0 Å². The molecule has 6 heteroatoms. The smallest absolute Gasteiger partial charge is 0.260 e. The lowest BCUT2D eigenvalue weighted by Gasteiger charge is -2.32. The molecular formula is C15H20N4O2. The third-order valence-corrected chi connectivity index (χ3v) is 3.80. The Morgan fingerprint density at radius 3 is 3.19 bits per heavy atom. The number of fused-ring (bicyclic) bond motifs is 1. The number of hydrogen-bond acceptors (Lipinski definition) is 5. The minimum atomic E-state index is -0.152. The number of benzene rings is 1. The lowest BCUT2D eigenvalue weighted by Crippen LogP contribution is -2.41. The van der Waals surface area contributed by atoms with Crippen molar-refractivity contribution < 1.29 is 4.74 Å². The monoisotopic (exact) mass is 288 g/mol. The second-order valence-corrected chi connectivity index (χ2v) is 5.33. The van der Waals surface area contributed by atoms with Crippen LogP contribution in [0.3, 0.4) is 0 Å². The van der Waals surface area contributed by atoms with Gasteiger partial charge in [0.2, 0.25) is 5.95 Å². The van der Waals surface area contributed by atoms with Crippen LogP contribution >= 0.6 is 0 Å². The quantitative estimate of drug-likeness (QED) is 0.836. The SMILES string of the molecule is CCOC1CCCN(c2nc3ccc(N)cc3c(=O)[nH]2)C1. The molecule has 0 aliphatic carbocycles. The summed E-state index contributed by atoms with van der Waals surface area (Å²) in [5.74, 6) is 0.613. The molecule has 1 aliphatic rings. The van der Waals surface area contributed by atoms with Crippen LogP contribution in [0.15, 0.2) is 23.0 Å². The Morgan fingerprint density at radius 2 is 2.38 bits per heavy atom. The van der Waals surface area contributed by atoms with E-state index in [1.54, 1.807) is 18.2 Å². The van der Waals surface area contributed by atoms with Crippen LogP contribution < -0.4 is 16.2 Å². The molecule has 1 saturated heterocycles. The van der Waals surface area contributed by atoms with Gasteiger partial charge in [0.05, 0.1) is 17.0 Å². The molecule has 1 fully saturated rings. The zero-order chi connectivity index (χ0) is 14.8. The number of piperidine rings is 1. The van der Waals surface area contributed by atoms with Crippen molar-refractivity contribution in [2.75, 3.05) is 30.3 Å². The molecule has 1 aromatic carbocycles. The number of aromatic nitrogens is 2. The molecule has 1 aliphatic heterocycles. The van der Waals surface area contributed by atoms with Crippen molar-refractivity contribution in [3.63, 3.8) is 0 Å². The summed E-state index contributed by atoms with van der Waals surface area (Å²) in [6.07, 6.45) is 2.29. The van der Waals surface area contributed by atoms with Gasteiger partial charge in [0.15, 0.2) is 0 Å². The molecule has 0 radical (unpaired) electrons. The van der Waals surface area contributed by atoms with Crippen LogP contribution in [0.4, 0.5) is 11.6 Å². The number of rotatable bonds is 3. The van der Waals surface area contributed by atoms with Crippen molar-refractivity contribution in [2.24, 2.45) is 0 Å². The number of nitrogens with one attached hydrogen (secondary N) is 1. The maximum atomic E-state index is 12.2. The summed E-state index contributed by atoms with van der Waals surface area (Å²) in [6, 6.07) is 5.20. The average Bonchev–Trinajstić information content (AvgIpc) is 2.48. The van der Waals surface area contributed by atoms with E-state index < -0.39 is 0 Å². The van der Waals surface area contributed by atoms with Gasteiger partial charge in [-0.2, -0.15) is 0 Å². The van der Waals surface area contributed by atoms with Gasteiger partial charge in [0, 0.05) is 25.4 Å². The van der Waals surface area contributed by atoms with Gasteiger partial charge >= 0.3 is 0 Å². The van der Waals surface area contributed by atoms with E-state index in [1.807, 2.05) is 6.92 Å². The maximum absolute atomic E-state index is 12.2. The standard InChI is InChI=1S/C15H20N4O2/c1-2-21-11-4-3-7-19(9-11)15-17-13-6-5-10(16)8-12(13)14(20)18-15/h5-6,8,11H,2-4,7,9,16H2,1H3,(H,17,18,20). The first-order valence-electron chi connectivity index (χ1n) is 7.33. The Bertz CT molecular complexity index is 696. The third kappa shape index (κ3) is 2.85. The van der Waals surface area contributed by atoms with E-state index in [9.17, 15) is 4.79 Å². The summed E-state index contributed by atoms with van der Waals surface area (Å²) < 4.78 is 5.69. The van der Waals surface area contributed by atoms with E-state index in [2.05, 4.69) is 14.9 Å². The fraction of sp³-hybridized carbons (Fsp3) is 0.467. The summed E-state index contributed by atoms with van der Waals surface area (Å²) in [4.78, 5) is 21.7. The molecule has 1 aromatic heterocycles. The first-order chi connectivity index (χ1) is 10.2. The van der Waals surface area contributed by atoms with Gasteiger partial charge in [-0.1, -0.05) is 0 Å². The molecular weight excluding hydrogens is 268 g/mol. The zero-order valence-electron chi connectivity index (χ0n) is 12.1. The summed E-state index contributed by atoms with van der Waals surface area (Å²) in [6.45, 7) is 4.35. The largest absolute Gasteiger partial charge is 0.399 e. The Labute approximate surface area is 122 Å². The topological polar surface area (TPSA) is 84.2 Å². The van der Waals surface area contributed by atoms with Crippen LogP contribution in [-0.4, -0.2) is 35.8 Å². The van der Waals surface area contributed by atoms with Crippen molar-refractivity contribution in [3.05, 3.63) is 28.6 Å². The highest BCUT2D eigenvalue weighted by Gasteiger charge is 2.22. The molecule has 0 spiro atoms. The van der Waals surface area contributed by atoms with Gasteiger partial charge < -0.3 is 15.4 Å². The molecule has 0 saturated carbocycles. The highest BCUT2D eigenvalue weighted by molar-refractivity contribution is 5.81. The molecule has 0 bridgehead atoms. The first kappa shape index (κ1) is 13.9. The number of hydrogen-bond donors (Lipinski definition) is 2. The van der Waals surface area contributed by atoms with Crippen LogP contribution in [0, 0.1) is 0 Å². The van der Waals surface area contributed by atoms with Crippen LogP contribution in [0.2, 0.25) is 0 Å². The van der Waals surface area contributed by atoms with Gasteiger partial charge in [-0.25, -0.2) is 4.98 Å². The number of anilines is 2. The summed E-state index contributed by atoms with van der Waals surface area (Å²) in [5, 5.41) is 0.525. The lowest BCUT2D eigenvalue weighted by atomic mass is 10.1. The Morgan fingerprint density at radius 1 is 1.52 bits per heavy atom. The molecule has 1 unspecified atom stereocenters. The number of nitrogens with zero attached hydrogens (tertiary/aromatic N) is 2. The highest BCUT2D eigenvalue weighted by atomic mass is 16.5. The molecule has 3 N–H and O–H groups in total. The second kappa shape index (κ2) is 5.73. The predicted octanol–water partition coefficient (Wildman–Crippen LogP) is 1.51. The van der Waals surface area contributed by atoms with E-state index >= 15 is 0 Å². The van der Waals surface area contributed by atoms with Crippen LogP contribution in [-0.2, 0) is 4.74 Å². The molecule has 3 rings (SSSR count). The van der Waals surface area contributed by atoms with Gasteiger partial charge in [-0.15, -0.1) is 0 Å². The lowest BCUT2D eigenvalue weighted by molar-refractivity contribution is 0.0523. The molecule has 112 valence electrons. The normalized spacial score (nSPS) is 19.1. The fourth-order valence-electron chi connectivity index (χ4n) is 2.80. The molecule has 0 amide bonds. The Balaban J connectivity index is 1.93. The Kier molecular flexibility index (Phi) is 3.79. The van der Waals surface area contributed by atoms with Crippen LogP contribution in [0.25, 0.3) is 10.9 Å². The van der Waals surface area contributed by atoms with E-state index in [0.717, 1.165) is 25.9 Å². The van der Waals surface area contributed by atoms with Crippen molar-refractivity contribution in [1.82, 2.24) is 9.97 Å². The van der Waals surface area contributed by atoms with Crippen LogP contribution in [0.1, 0.15) is 19.8 Å². The van der Waals surface area contributed by atoms with Gasteiger partial charge in [0.25, 0.3) is 5.56 Å². The summed E-state index contributed by atoms with van der Waals surface area (Å²) in [7, 11) is 0. The zero-order valence-corrected chi connectivity index (χ0v) is 12.1. The summed E-state index contributed by atoms with van der Waals surface area (Å²) in [5.41, 5.74) is 6.80. The van der Waals surface area contributed by atoms with E-state index in [0.29, 0.717) is 29.1 Å². The minimum absolute atomic E-state index is 0.152. The predicted molar refractivity (Wildman–Crippen MR) is 83.6 cm³/mol. The first-order valence-corrected chi connectivity index (χ1v) is 7.33. The number of aromatic amines is 1. The van der Waals surface area contributed by atoms with Crippen molar-refractivity contribution >= 4 is 22.5 Å².